The number of nitrogens with zero attached hydrogens (tertiary/aromatic N) is 6. The van der Waals surface area contributed by atoms with E-state index in [4.69, 9.17) is 4.98 Å². The maximum atomic E-state index is 12.8. The predicted molar refractivity (Wildman–Crippen MR) is 98.1 cm³/mol. The Balaban J connectivity index is 1.58. The zero-order chi connectivity index (χ0) is 18.1. The van der Waals surface area contributed by atoms with Gasteiger partial charge in [-0.3, -0.25) is 4.79 Å². The first-order valence-electron chi connectivity index (χ1n) is 9.37. The first-order valence-corrected chi connectivity index (χ1v) is 9.37. The van der Waals surface area contributed by atoms with E-state index in [-0.39, 0.29) is 5.91 Å². The molecule has 2 aliphatic rings. The highest BCUT2D eigenvalue weighted by molar-refractivity contribution is 5.93. The topological polar surface area (TPSA) is 75.1 Å². The van der Waals surface area contributed by atoms with Crippen molar-refractivity contribution in [2.45, 2.75) is 46.1 Å². The molecule has 0 radical (unpaired) electrons. The van der Waals surface area contributed by atoms with Gasteiger partial charge in [0.15, 0.2) is 0 Å². The Kier molecular flexibility index (Phi) is 4.53. The molecule has 0 N–H and O–H groups in total. The van der Waals surface area contributed by atoms with Gasteiger partial charge in [-0.15, -0.1) is 0 Å². The molecule has 0 aromatic carbocycles. The van der Waals surface area contributed by atoms with E-state index in [1.165, 1.54) is 18.4 Å². The second-order valence-corrected chi connectivity index (χ2v) is 6.93. The Morgan fingerprint density at radius 2 is 1.85 bits per heavy atom. The van der Waals surface area contributed by atoms with Crippen LogP contribution in [0.15, 0.2) is 12.4 Å². The normalized spacial score (nSPS) is 16.7. The van der Waals surface area contributed by atoms with Crippen LogP contribution in [-0.2, 0) is 19.4 Å². The number of aromatic nitrogens is 4. The monoisotopic (exact) mass is 352 g/mol. The fourth-order valence-corrected chi connectivity index (χ4v) is 3.73. The van der Waals surface area contributed by atoms with Gasteiger partial charge in [-0.25, -0.2) is 19.9 Å². The molecule has 0 unspecified atom stereocenters. The number of rotatable bonds is 3. The molecule has 136 valence electrons. The summed E-state index contributed by atoms with van der Waals surface area (Å²) in [5, 5.41) is 0. The molecule has 2 aliphatic heterocycles. The van der Waals surface area contributed by atoms with Crippen molar-refractivity contribution in [3.8, 4) is 0 Å². The van der Waals surface area contributed by atoms with Crippen LogP contribution in [0.2, 0.25) is 0 Å². The number of hydrogen-bond acceptors (Lipinski definition) is 6. The van der Waals surface area contributed by atoms with Crippen LogP contribution in [0, 0.1) is 6.92 Å². The second-order valence-electron chi connectivity index (χ2n) is 6.93. The van der Waals surface area contributed by atoms with Crippen LogP contribution in [0.25, 0.3) is 0 Å². The van der Waals surface area contributed by atoms with Crippen molar-refractivity contribution in [2.75, 3.05) is 24.5 Å². The van der Waals surface area contributed by atoms with Crippen LogP contribution >= 0.6 is 0 Å². The van der Waals surface area contributed by atoms with E-state index in [9.17, 15) is 4.79 Å². The SMILES string of the molecule is CCc1ncc(C(=O)N2CCc3c(nc(C)nc3N3CCCC3)C2)cn1. The minimum Gasteiger partial charge on any atom is -0.356 e. The van der Waals surface area contributed by atoms with Crippen LogP contribution in [0.3, 0.4) is 0 Å². The van der Waals surface area contributed by atoms with Crippen LogP contribution in [-0.4, -0.2) is 50.4 Å². The van der Waals surface area contributed by atoms with Gasteiger partial charge in [-0.05, 0) is 26.2 Å². The Labute approximate surface area is 153 Å². The Hall–Kier alpha value is -2.57. The molecule has 0 bridgehead atoms. The van der Waals surface area contributed by atoms with Gasteiger partial charge in [-0.2, -0.15) is 0 Å². The molecule has 2 aromatic rings. The van der Waals surface area contributed by atoms with Crippen molar-refractivity contribution in [2.24, 2.45) is 0 Å². The van der Waals surface area contributed by atoms with Crippen molar-refractivity contribution in [1.29, 1.82) is 0 Å². The van der Waals surface area contributed by atoms with Gasteiger partial charge in [0.25, 0.3) is 5.91 Å². The van der Waals surface area contributed by atoms with Gasteiger partial charge >= 0.3 is 0 Å². The summed E-state index contributed by atoms with van der Waals surface area (Å²) in [5.41, 5.74) is 2.72. The molecule has 26 heavy (non-hydrogen) atoms. The fraction of sp³-hybridized carbons (Fsp3) is 0.526. The fourth-order valence-electron chi connectivity index (χ4n) is 3.73. The summed E-state index contributed by atoms with van der Waals surface area (Å²) < 4.78 is 0. The lowest BCUT2D eigenvalue weighted by Gasteiger charge is -2.31. The number of amides is 1. The molecule has 4 heterocycles. The van der Waals surface area contributed by atoms with Crippen LogP contribution < -0.4 is 4.90 Å². The molecule has 0 spiro atoms. The molecule has 0 saturated carbocycles. The molecule has 2 aromatic heterocycles. The molecular formula is C19H24N6O. The summed E-state index contributed by atoms with van der Waals surface area (Å²) in [6.07, 6.45) is 7.25. The van der Waals surface area contributed by atoms with E-state index in [1.54, 1.807) is 12.4 Å². The third-order valence-corrected chi connectivity index (χ3v) is 5.12. The Morgan fingerprint density at radius 3 is 2.54 bits per heavy atom. The lowest BCUT2D eigenvalue weighted by Crippen LogP contribution is -2.38. The predicted octanol–water partition coefficient (Wildman–Crippen LogP) is 1.94. The lowest BCUT2D eigenvalue weighted by molar-refractivity contribution is 0.0730. The summed E-state index contributed by atoms with van der Waals surface area (Å²) in [6, 6.07) is 0. The average Bonchev–Trinajstić information content (AvgIpc) is 3.21. The quantitative estimate of drug-likeness (QED) is 0.840. The lowest BCUT2D eigenvalue weighted by atomic mass is 10.0. The van der Waals surface area contributed by atoms with Crippen LogP contribution in [0.1, 0.15) is 53.0 Å². The highest BCUT2D eigenvalue weighted by Gasteiger charge is 2.28. The number of hydrogen-bond donors (Lipinski definition) is 0. The molecule has 4 rings (SSSR count). The smallest absolute Gasteiger partial charge is 0.257 e. The molecule has 0 atom stereocenters. The molecular weight excluding hydrogens is 328 g/mol. The standard InChI is InChI=1S/C19H24N6O/c1-3-17-20-10-14(11-21-17)19(26)25-9-6-15-16(12-25)22-13(2)23-18(15)24-7-4-5-8-24/h10-11H,3-9,12H2,1-2H3. The molecule has 7 nitrogen and oxygen atoms in total. The zero-order valence-corrected chi connectivity index (χ0v) is 15.4. The van der Waals surface area contributed by atoms with E-state index >= 15 is 0 Å². The molecule has 7 heteroatoms. The van der Waals surface area contributed by atoms with Crippen LogP contribution in [0.5, 0.6) is 0 Å². The Morgan fingerprint density at radius 1 is 1.12 bits per heavy atom. The summed E-state index contributed by atoms with van der Waals surface area (Å²) in [6.45, 7) is 7.25. The van der Waals surface area contributed by atoms with E-state index in [2.05, 4.69) is 19.9 Å². The van der Waals surface area contributed by atoms with Gasteiger partial charge in [0, 0.05) is 44.0 Å². The first kappa shape index (κ1) is 16.9. The number of carbonyl (C=O) groups is 1. The largest absolute Gasteiger partial charge is 0.356 e. The van der Waals surface area contributed by atoms with Gasteiger partial charge in [0.1, 0.15) is 17.5 Å². The number of carbonyl (C=O) groups excluding carboxylic acids is 1. The van der Waals surface area contributed by atoms with Crippen molar-refractivity contribution in [1.82, 2.24) is 24.8 Å². The van der Waals surface area contributed by atoms with Crippen molar-refractivity contribution >= 4 is 11.7 Å². The van der Waals surface area contributed by atoms with E-state index < -0.39 is 0 Å². The van der Waals surface area contributed by atoms with Crippen molar-refractivity contribution in [3.05, 3.63) is 40.9 Å². The third-order valence-electron chi connectivity index (χ3n) is 5.12. The number of anilines is 1. The van der Waals surface area contributed by atoms with E-state index in [0.717, 1.165) is 49.1 Å². The van der Waals surface area contributed by atoms with E-state index in [0.29, 0.717) is 18.7 Å². The van der Waals surface area contributed by atoms with Gasteiger partial charge < -0.3 is 9.80 Å². The third kappa shape index (κ3) is 3.13. The minimum absolute atomic E-state index is 0.0303. The Bertz CT molecular complexity index is 814. The summed E-state index contributed by atoms with van der Waals surface area (Å²) in [7, 11) is 0. The molecule has 1 amide bonds. The number of aryl methyl sites for hydroxylation is 2. The van der Waals surface area contributed by atoms with Crippen molar-refractivity contribution < 1.29 is 4.79 Å². The van der Waals surface area contributed by atoms with E-state index in [1.807, 2.05) is 18.7 Å². The summed E-state index contributed by atoms with van der Waals surface area (Å²) in [4.78, 5) is 34.9. The maximum Gasteiger partial charge on any atom is 0.257 e. The first-order chi connectivity index (χ1) is 12.7. The van der Waals surface area contributed by atoms with Crippen molar-refractivity contribution in [3.63, 3.8) is 0 Å². The maximum absolute atomic E-state index is 12.8. The highest BCUT2D eigenvalue weighted by atomic mass is 16.2. The summed E-state index contributed by atoms with van der Waals surface area (Å²) in [5.74, 6) is 2.57. The second kappa shape index (κ2) is 6.97. The van der Waals surface area contributed by atoms with Gasteiger partial charge in [0.05, 0.1) is 17.8 Å². The highest BCUT2D eigenvalue weighted by Crippen LogP contribution is 2.29. The zero-order valence-electron chi connectivity index (χ0n) is 15.4. The molecule has 0 aliphatic carbocycles. The van der Waals surface area contributed by atoms with Gasteiger partial charge in [0.2, 0.25) is 0 Å². The average molecular weight is 352 g/mol. The molecule has 1 fully saturated rings. The number of fused-ring (bicyclic) bond motifs is 1. The van der Waals surface area contributed by atoms with Crippen LogP contribution in [0.4, 0.5) is 5.82 Å². The molecule has 1 saturated heterocycles. The minimum atomic E-state index is -0.0303. The van der Waals surface area contributed by atoms with Gasteiger partial charge in [-0.1, -0.05) is 6.92 Å². The summed E-state index contributed by atoms with van der Waals surface area (Å²) >= 11 is 0.